The molecule has 3 N–H and O–H groups in total. The van der Waals surface area contributed by atoms with E-state index >= 15 is 0 Å². The van der Waals surface area contributed by atoms with Crippen LogP contribution >= 0.6 is 0 Å². The Morgan fingerprint density at radius 3 is 2.60 bits per heavy atom. The SMILES string of the molecule is CCN(C[C@H](C)O)C1CCCCC1CN. The minimum atomic E-state index is -0.231. The molecule has 0 aliphatic heterocycles. The third kappa shape index (κ3) is 3.74. The molecular formula is C12H26N2O. The van der Waals surface area contributed by atoms with Crippen LogP contribution in [0.3, 0.4) is 0 Å². The number of aliphatic hydroxyl groups excluding tert-OH is 1. The second kappa shape index (κ2) is 6.46. The molecule has 1 fully saturated rings. The Balaban J connectivity index is 2.55. The van der Waals surface area contributed by atoms with Crippen LogP contribution in [0, 0.1) is 5.92 Å². The average molecular weight is 214 g/mol. The van der Waals surface area contributed by atoms with Crippen LogP contribution in [0.4, 0.5) is 0 Å². The molecular weight excluding hydrogens is 188 g/mol. The molecule has 0 aromatic rings. The van der Waals surface area contributed by atoms with Crippen LogP contribution in [0.15, 0.2) is 0 Å². The Morgan fingerprint density at radius 1 is 1.40 bits per heavy atom. The lowest BCUT2D eigenvalue weighted by atomic mass is 9.83. The minimum Gasteiger partial charge on any atom is -0.392 e. The molecule has 0 spiro atoms. The zero-order valence-corrected chi connectivity index (χ0v) is 10.2. The van der Waals surface area contributed by atoms with E-state index in [0.717, 1.165) is 19.6 Å². The minimum absolute atomic E-state index is 0.231. The predicted molar refractivity (Wildman–Crippen MR) is 63.7 cm³/mol. The molecule has 0 heterocycles. The fraction of sp³-hybridized carbons (Fsp3) is 1.00. The van der Waals surface area contributed by atoms with Gasteiger partial charge in [-0.1, -0.05) is 19.8 Å². The summed E-state index contributed by atoms with van der Waals surface area (Å²) in [5.74, 6) is 0.637. The lowest BCUT2D eigenvalue weighted by molar-refractivity contribution is 0.0611. The summed E-state index contributed by atoms with van der Waals surface area (Å²) in [6, 6.07) is 0.600. The largest absolute Gasteiger partial charge is 0.392 e. The number of likely N-dealkylation sites (N-methyl/N-ethyl adjacent to an activating group) is 1. The summed E-state index contributed by atoms with van der Waals surface area (Å²) >= 11 is 0. The van der Waals surface area contributed by atoms with Crippen molar-refractivity contribution in [1.82, 2.24) is 4.90 Å². The van der Waals surface area contributed by atoms with E-state index < -0.39 is 0 Å². The summed E-state index contributed by atoms with van der Waals surface area (Å²) < 4.78 is 0. The summed E-state index contributed by atoms with van der Waals surface area (Å²) in [5, 5.41) is 9.47. The highest BCUT2D eigenvalue weighted by atomic mass is 16.3. The first-order chi connectivity index (χ1) is 7.19. The molecule has 2 unspecified atom stereocenters. The number of nitrogens with zero attached hydrogens (tertiary/aromatic N) is 1. The molecule has 0 saturated heterocycles. The van der Waals surface area contributed by atoms with Crippen LogP contribution < -0.4 is 5.73 Å². The van der Waals surface area contributed by atoms with Gasteiger partial charge in [0.2, 0.25) is 0 Å². The first-order valence-corrected chi connectivity index (χ1v) is 6.31. The van der Waals surface area contributed by atoms with Crippen LogP contribution in [-0.2, 0) is 0 Å². The monoisotopic (exact) mass is 214 g/mol. The van der Waals surface area contributed by atoms with Crippen LogP contribution in [0.1, 0.15) is 39.5 Å². The Kier molecular flexibility index (Phi) is 5.58. The average Bonchev–Trinajstić information content (AvgIpc) is 2.25. The lowest BCUT2D eigenvalue weighted by Gasteiger charge is -2.39. The van der Waals surface area contributed by atoms with Crippen molar-refractivity contribution in [1.29, 1.82) is 0 Å². The summed E-state index contributed by atoms with van der Waals surface area (Å²) in [6.07, 6.45) is 4.92. The van der Waals surface area contributed by atoms with E-state index in [1.54, 1.807) is 0 Å². The van der Waals surface area contributed by atoms with Crippen molar-refractivity contribution >= 4 is 0 Å². The molecule has 90 valence electrons. The molecule has 3 atom stereocenters. The fourth-order valence-electron chi connectivity index (χ4n) is 2.78. The van der Waals surface area contributed by atoms with Crippen molar-refractivity contribution in [3.8, 4) is 0 Å². The predicted octanol–water partition coefficient (Wildman–Crippen LogP) is 1.21. The van der Waals surface area contributed by atoms with E-state index in [2.05, 4.69) is 11.8 Å². The van der Waals surface area contributed by atoms with Crippen molar-refractivity contribution in [2.45, 2.75) is 51.7 Å². The van der Waals surface area contributed by atoms with E-state index in [1.807, 2.05) is 6.92 Å². The number of rotatable bonds is 5. The van der Waals surface area contributed by atoms with Crippen LogP contribution in [0.2, 0.25) is 0 Å². The number of aliphatic hydroxyl groups is 1. The van der Waals surface area contributed by atoms with Gasteiger partial charge in [-0.3, -0.25) is 4.90 Å². The number of hydrogen-bond donors (Lipinski definition) is 2. The van der Waals surface area contributed by atoms with Crippen molar-refractivity contribution in [2.24, 2.45) is 11.7 Å². The molecule has 3 nitrogen and oxygen atoms in total. The van der Waals surface area contributed by atoms with Crippen LogP contribution in [-0.4, -0.2) is 41.8 Å². The van der Waals surface area contributed by atoms with Gasteiger partial charge in [0.15, 0.2) is 0 Å². The molecule has 0 bridgehead atoms. The first kappa shape index (κ1) is 12.9. The van der Waals surface area contributed by atoms with Gasteiger partial charge in [-0.2, -0.15) is 0 Å². The van der Waals surface area contributed by atoms with Crippen LogP contribution in [0.25, 0.3) is 0 Å². The van der Waals surface area contributed by atoms with Gasteiger partial charge in [0, 0.05) is 12.6 Å². The maximum Gasteiger partial charge on any atom is 0.0639 e. The molecule has 3 heteroatoms. The maximum atomic E-state index is 9.47. The van der Waals surface area contributed by atoms with E-state index in [9.17, 15) is 5.11 Å². The van der Waals surface area contributed by atoms with Gasteiger partial charge in [-0.25, -0.2) is 0 Å². The zero-order chi connectivity index (χ0) is 11.3. The molecule has 0 amide bonds. The van der Waals surface area contributed by atoms with Gasteiger partial charge in [0.1, 0.15) is 0 Å². The Bertz CT molecular complexity index is 173. The molecule has 1 saturated carbocycles. The summed E-state index contributed by atoms with van der Waals surface area (Å²) in [7, 11) is 0. The second-order valence-corrected chi connectivity index (χ2v) is 4.78. The molecule has 1 rings (SSSR count). The van der Waals surface area contributed by atoms with Gasteiger partial charge in [0.25, 0.3) is 0 Å². The van der Waals surface area contributed by atoms with Crippen molar-refractivity contribution < 1.29 is 5.11 Å². The molecule has 1 aliphatic rings. The summed E-state index contributed by atoms with van der Waals surface area (Å²) in [4.78, 5) is 2.40. The fourth-order valence-corrected chi connectivity index (χ4v) is 2.78. The lowest BCUT2D eigenvalue weighted by Crippen LogP contribution is -2.47. The molecule has 0 radical (unpaired) electrons. The van der Waals surface area contributed by atoms with E-state index in [1.165, 1.54) is 25.7 Å². The highest BCUT2D eigenvalue weighted by Gasteiger charge is 2.28. The third-order valence-electron chi connectivity index (χ3n) is 3.55. The topological polar surface area (TPSA) is 49.5 Å². The smallest absolute Gasteiger partial charge is 0.0639 e. The van der Waals surface area contributed by atoms with Gasteiger partial charge in [-0.05, 0) is 38.8 Å². The molecule has 15 heavy (non-hydrogen) atoms. The second-order valence-electron chi connectivity index (χ2n) is 4.78. The normalized spacial score (nSPS) is 29.4. The molecule has 1 aliphatic carbocycles. The number of nitrogens with two attached hydrogens (primary N) is 1. The third-order valence-corrected chi connectivity index (χ3v) is 3.55. The van der Waals surface area contributed by atoms with Gasteiger partial charge in [-0.15, -0.1) is 0 Å². The maximum absolute atomic E-state index is 9.47. The van der Waals surface area contributed by atoms with Crippen molar-refractivity contribution in [2.75, 3.05) is 19.6 Å². The van der Waals surface area contributed by atoms with Gasteiger partial charge >= 0.3 is 0 Å². The highest BCUT2D eigenvalue weighted by Crippen LogP contribution is 2.27. The van der Waals surface area contributed by atoms with Crippen molar-refractivity contribution in [3.63, 3.8) is 0 Å². The highest BCUT2D eigenvalue weighted by molar-refractivity contribution is 4.84. The Hall–Kier alpha value is -0.120. The zero-order valence-electron chi connectivity index (χ0n) is 10.2. The standard InChI is InChI=1S/C12H26N2O/c1-3-14(9-10(2)15)12-7-5-4-6-11(12)8-13/h10-12,15H,3-9,13H2,1-2H3/t10-,11?,12?/m0/s1. The Morgan fingerprint density at radius 2 is 2.07 bits per heavy atom. The molecule has 0 aromatic carbocycles. The van der Waals surface area contributed by atoms with E-state index in [0.29, 0.717) is 12.0 Å². The molecule has 0 aromatic heterocycles. The van der Waals surface area contributed by atoms with E-state index in [-0.39, 0.29) is 6.10 Å². The quantitative estimate of drug-likeness (QED) is 0.723. The Labute approximate surface area is 93.6 Å². The van der Waals surface area contributed by atoms with Gasteiger partial charge < -0.3 is 10.8 Å². The van der Waals surface area contributed by atoms with Crippen molar-refractivity contribution in [3.05, 3.63) is 0 Å². The first-order valence-electron chi connectivity index (χ1n) is 6.31. The summed E-state index contributed by atoms with van der Waals surface area (Å²) in [6.45, 7) is 6.64. The van der Waals surface area contributed by atoms with Gasteiger partial charge in [0.05, 0.1) is 6.10 Å². The van der Waals surface area contributed by atoms with Crippen LogP contribution in [0.5, 0.6) is 0 Å². The summed E-state index contributed by atoms with van der Waals surface area (Å²) in [5.41, 5.74) is 5.83. The van der Waals surface area contributed by atoms with E-state index in [4.69, 9.17) is 5.73 Å². The number of hydrogen-bond acceptors (Lipinski definition) is 3.